The van der Waals surface area contributed by atoms with Crippen molar-refractivity contribution < 1.29 is 19.1 Å². The van der Waals surface area contributed by atoms with E-state index in [1.807, 2.05) is 32.2 Å². The molecule has 0 bridgehead atoms. The van der Waals surface area contributed by atoms with Gasteiger partial charge in [-0.15, -0.1) is 0 Å². The second kappa shape index (κ2) is 10.5. The smallest absolute Gasteiger partial charge is 0.333 e. The number of carbonyl (C=O) groups is 2. The maximum atomic E-state index is 12.1. The van der Waals surface area contributed by atoms with E-state index in [2.05, 4.69) is 22.8 Å². The first-order valence-corrected chi connectivity index (χ1v) is 9.36. The number of hydrogen-bond donors (Lipinski definition) is 2. The second-order valence-corrected chi connectivity index (χ2v) is 6.68. The highest BCUT2D eigenvalue weighted by Crippen LogP contribution is 2.29. The van der Waals surface area contributed by atoms with Crippen molar-refractivity contribution in [3.05, 3.63) is 59.7 Å². The van der Waals surface area contributed by atoms with Crippen molar-refractivity contribution in [1.82, 2.24) is 10.6 Å². The Morgan fingerprint density at radius 3 is 2.43 bits per heavy atom. The second-order valence-electron chi connectivity index (χ2n) is 6.68. The molecule has 6 heteroatoms. The summed E-state index contributed by atoms with van der Waals surface area (Å²) in [5.74, 6) is 0.357. The lowest BCUT2D eigenvalue weighted by atomic mass is 10.1. The van der Waals surface area contributed by atoms with Crippen LogP contribution in [-0.2, 0) is 9.59 Å². The Balaban J connectivity index is 2.09. The molecule has 0 unspecified atom stereocenters. The molecule has 2 aromatic carbocycles. The third-order valence-corrected chi connectivity index (χ3v) is 4.24. The molecule has 1 amide bonds. The van der Waals surface area contributed by atoms with Gasteiger partial charge in [0.05, 0.1) is 0 Å². The molecule has 6 nitrogen and oxygen atoms in total. The summed E-state index contributed by atoms with van der Waals surface area (Å²) < 4.78 is 11.6. The normalized spacial score (nSPS) is 12.7. The quantitative estimate of drug-likeness (QED) is 0.513. The van der Waals surface area contributed by atoms with Crippen LogP contribution in [0.15, 0.2) is 48.5 Å². The van der Waals surface area contributed by atoms with Gasteiger partial charge in [0.2, 0.25) is 5.91 Å². The van der Waals surface area contributed by atoms with E-state index in [0.717, 1.165) is 29.8 Å². The Hall–Kier alpha value is -2.86. The minimum atomic E-state index is -0.710. The van der Waals surface area contributed by atoms with Gasteiger partial charge in [0.1, 0.15) is 23.6 Å². The third-order valence-electron chi connectivity index (χ3n) is 4.24. The van der Waals surface area contributed by atoms with E-state index in [1.54, 1.807) is 25.1 Å². The van der Waals surface area contributed by atoms with Crippen LogP contribution in [0.25, 0.3) is 0 Å². The zero-order valence-electron chi connectivity index (χ0n) is 16.8. The highest BCUT2D eigenvalue weighted by Gasteiger charge is 2.18. The molecule has 0 radical (unpaired) electrons. The Bertz CT molecular complexity index is 792. The van der Waals surface area contributed by atoms with Gasteiger partial charge in [-0.2, -0.15) is 0 Å². The monoisotopic (exact) mass is 384 g/mol. The summed E-state index contributed by atoms with van der Waals surface area (Å²) in [5, 5.41) is 5.66. The molecule has 0 heterocycles. The number of nitrogens with one attached hydrogen (secondary N) is 2. The fraction of sp³-hybridized carbons (Fsp3) is 0.364. The molecule has 0 saturated heterocycles. The first-order valence-electron chi connectivity index (χ1n) is 9.36. The minimum Gasteiger partial charge on any atom is -0.485 e. The Labute approximate surface area is 166 Å². The molecule has 2 rings (SSSR count). The van der Waals surface area contributed by atoms with Gasteiger partial charge in [-0.25, -0.2) is 4.79 Å². The van der Waals surface area contributed by atoms with Crippen LogP contribution in [-0.4, -0.2) is 31.5 Å². The minimum absolute atomic E-state index is 0.0828. The van der Waals surface area contributed by atoms with E-state index in [4.69, 9.17) is 9.47 Å². The Kier molecular flexibility index (Phi) is 8.02. The molecule has 2 atom stereocenters. The van der Waals surface area contributed by atoms with Crippen molar-refractivity contribution in [3.8, 4) is 11.5 Å². The van der Waals surface area contributed by atoms with Crippen molar-refractivity contribution in [2.75, 3.05) is 13.6 Å². The van der Waals surface area contributed by atoms with Crippen LogP contribution in [0.1, 0.15) is 37.5 Å². The van der Waals surface area contributed by atoms with Gasteiger partial charge in [-0.1, -0.05) is 30.3 Å². The molecule has 0 aromatic heterocycles. The largest absolute Gasteiger partial charge is 0.485 e. The Morgan fingerprint density at radius 1 is 1.11 bits per heavy atom. The predicted molar refractivity (Wildman–Crippen MR) is 108 cm³/mol. The number of carbonyl (C=O) groups excluding carboxylic acids is 2. The van der Waals surface area contributed by atoms with Gasteiger partial charge < -0.3 is 20.1 Å². The molecule has 0 spiro atoms. The summed E-state index contributed by atoms with van der Waals surface area (Å²) >= 11 is 0. The number of esters is 1. The van der Waals surface area contributed by atoms with Crippen LogP contribution >= 0.6 is 0 Å². The molecular formula is C22H28N2O4. The maximum absolute atomic E-state index is 12.1. The van der Waals surface area contributed by atoms with Gasteiger partial charge >= 0.3 is 5.97 Å². The average molecular weight is 384 g/mol. The van der Waals surface area contributed by atoms with Gasteiger partial charge in [-0.05, 0) is 56.8 Å². The lowest BCUT2D eigenvalue weighted by molar-refractivity contribution is -0.138. The van der Waals surface area contributed by atoms with E-state index in [0.29, 0.717) is 5.75 Å². The van der Waals surface area contributed by atoms with Crippen molar-refractivity contribution in [2.45, 2.75) is 39.3 Å². The summed E-state index contributed by atoms with van der Waals surface area (Å²) in [4.78, 5) is 23.1. The van der Waals surface area contributed by atoms with Crippen LogP contribution in [0.4, 0.5) is 0 Å². The zero-order valence-corrected chi connectivity index (χ0v) is 16.8. The molecule has 0 aliphatic rings. The molecule has 0 aliphatic heterocycles. The first-order chi connectivity index (χ1) is 13.4. The van der Waals surface area contributed by atoms with Gasteiger partial charge in [0.25, 0.3) is 0 Å². The van der Waals surface area contributed by atoms with Crippen LogP contribution in [0.5, 0.6) is 11.5 Å². The van der Waals surface area contributed by atoms with E-state index in [-0.39, 0.29) is 12.0 Å². The van der Waals surface area contributed by atoms with E-state index >= 15 is 0 Å². The molecule has 0 saturated carbocycles. The van der Waals surface area contributed by atoms with Crippen LogP contribution in [0.3, 0.4) is 0 Å². The van der Waals surface area contributed by atoms with Crippen LogP contribution < -0.4 is 20.1 Å². The highest BCUT2D eigenvalue weighted by atomic mass is 16.5. The topological polar surface area (TPSA) is 76.7 Å². The van der Waals surface area contributed by atoms with Crippen molar-refractivity contribution in [2.24, 2.45) is 0 Å². The molecule has 2 aromatic rings. The number of rotatable bonds is 9. The molecule has 150 valence electrons. The number of benzene rings is 2. The number of hydrogen-bond acceptors (Lipinski definition) is 5. The first kappa shape index (κ1) is 21.4. The fourth-order valence-electron chi connectivity index (χ4n) is 2.78. The molecule has 0 fully saturated rings. The van der Waals surface area contributed by atoms with E-state index in [1.165, 1.54) is 6.92 Å². The summed E-state index contributed by atoms with van der Waals surface area (Å²) in [6.45, 7) is 5.68. The average Bonchev–Trinajstić information content (AvgIpc) is 2.66. The standard InChI is InChI=1S/C22H28N2O4/c1-15-14-19(27-22(26)16(2)24-17(3)25)10-11-20(15)28-21(12-13-23-4)18-8-6-5-7-9-18/h5-11,14,16,21,23H,12-13H2,1-4H3,(H,24,25)/t16-,21+/m0/s1. The maximum Gasteiger partial charge on any atom is 0.333 e. The van der Waals surface area contributed by atoms with Gasteiger partial charge in [0.15, 0.2) is 0 Å². The lowest BCUT2D eigenvalue weighted by Gasteiger charge is -2.21. The summed E-state index contributed by atoms with van der Waals surface area (Å²) in [5.41, 5.74) is 1.97. The Morgan fingerprint density at radius 2 is 1.82 bits per heavy atom. The molecule has 0 aliphatic carbocycles. The zero-order chi connectivity index (χ0) is 20.5. The van der Waals surface area contributed by atoms with Gasteiger partial charge in [0, 0.05) is 13.3 Å². The predicted octanol–water partition coefficient (Wildman–Crippen LogP) is 3.15. The molecule has 28 heavy (non-hydrogen) atoms. The van der Waals surface area contributed by atoms with Crippen molar-refractivity contribution in [3.63, 3.8) is 0 Å². The summed E-state index contributed by atoms with van der Waals surface area (Å²) in [6.07, 6.45) is 0.741. The van der Waals surface area contributed by atoms with Crippen LogP contribution in [0.2, 0.25) is 0 Å². The van der Waals surface area contributed by atoms with Crippen molar-refractivity contribution in [1.29, 1.82) is 0 Å². The third kappa shape index (κ3) is 6.39. The molecular weight excluding hydrogens is 356 g/mol. The summed E-state index contributed by atoms with van der Waals surface area (Å²) in [6, 6.07) is 14.6. The highest BCUT2D eigenvalue weighted by molar-refractivity contribution is 5.84. The summed E-state index contributed by atoms with van der Waals surface area (Å²) in [7, 11) is 1.92. The number of ether oxygens (including phenoxy) is 2. The van der Waals surface area contributed by atoms with Crippen molar-refractivity contribution >= 4 is 11.9 Å². The van der Waals surface area contributed by atoms with Gasteiger partial charge in [-0.3, -0.25) is 4.79 Å². The number of aryl methyl sites for hydroxylation is 1. The number of amides is 1. The van der Waals surface area contributed by atoms with E-state index < -0.39 is 12.0 Å². The lowest BCUT2D eigenvalue weighted by Crippen LogP contribution is -2.39. The molecule has 2 N–H and O–H groups in total. The fourth-order valence-corrected chi connectivity index (χ4v) is 2.78. The van der Waals surface area contributed by atoms with Crippen LogP contribution in [0, 0.1) is 6.92 Å². The SMILES string of the molecule is CNCC[C@@H](Oc1ccc(OC(=O)[C@H](C)NC(C)=O)cc1C)c1ccccc1. The van der Waals surface area contributed by atoms with E-state index in [9.17, 15) is 9.59 Å².